The molecule has 0 saturated carbocycles. The Morgan fingerprint density at radius 2 is 2.11 bits per heavy atom. The molecule has 1 aliphatic heterocycles. The summed E-state index contributed by atoms with van der Waals surface area (Å²) < 4.78 is 1.69. The third-order valence-corrected chi connectivity index (χ3v) is 3.67. The summed E-state index contributed by atoms with van der Waals surface area (Å²) in [5.74, 6) is 0.0445. The highest BCUT2D eigenvalue weighted by atomic mass is 16.2. The summed E-state index contributed by atoms with van der Waals surface area (Å²) in [5, 5.41) is 4.25. The summed E-state index contributed by atoms with van der Waals surface area (Å²) in [6.45, 7) is 3.96. The number of rotatable bonds is 1. The van der Waals surface area contributed by atoms with Gasteiger partial charge in [0.1, 0.15) is 0 Å². The lowest BCUT2D eigenvalue weighted by Crippen LogP contribution is -2.35. The van der Waals surface area contributed by atoms with Crippen molar-refractivity contribution < 1.29 is 4.79 Å². The molecule has 0 N–H and O–H groups in total. The van der Waals surface area contributed by atoms with Crippen LogP contribution in [0, 0.1) is 6.92 Å². The molecular weight excluding hydrogens is 238 g/mol. The van der Waals surface area contributed by atoms with Crippen LogP contribution in [0.25, 0.3) is 0 Å². The Kier molecular flexibility index (Phi) is 2.66. The van der Waals surface area contributed by atoms with Crippen molar-refractivity contribution in [2.24, 2.45) is 7.05 Å². The van der Waals surface area contributed by atoms with E-state index in [9.17, 15) is 4.79 Å². The Morgan fingerprint density at radius 3 is 2.79 bits per heavy atom. The molecule has 0 bridgehead atoms. The van der Waals surface area contributed by atoms with Gasteiger partial charge in [-0.05, 0) is 31.9 Å². The zero-order valence-corrected chi connectivity index (χ0v) is 11.4. The molecule has 4 nitrogen and oxygen atoms in total. The lowest BCUT2D eigenvalue weighted by atomic mass is 10.1. The molecule has 1 aliphatic rings. The third kappa shape index (κ3) is 1.84. The minimum atomic E-state index is 0.0445. The van der Waals surface area contributed by atoms with Gasteiger partial charge in [-0.15, -0.1) is 0 Å². The number of anilines is 1. The van der Waals surface area contributed by atoms with E-state index in [4.69, 9.17) is 0 Å². The SMILES string of the molecule is Cc1nn(C)cc1C(=O)N1c2ccccc2CC1C. The van der Waals surface area contributed by atoms with Crippen LogP contribution in [0.15, 0.2) is 30.5 Å². The summed E-state index contributed by atoms with van der Waals surface area (Å²) in [4.78, 5) is 14.6. The van der Waals surface area contributed by atoms with Crippen molar-refractivity contribution in [3.8, 4) is 0 Å². The van der Waals surface area contributed by atoms with Gasteiger partial charge in [-0.1, -0.05) is 18.2 Å². The van der Waals surface area contributed by atoms with E-state index < -0.39 is 0 Å². The average Bonchev–Trinajstić information content (AvgIpc) is 2.87. The second-order valence-corrected chi connectivity index (χ2v) is 5.16. The van der Waals surface area contributed by atoms with E-state index in [2.05, 4.69) is 18.1 Å². The Labute approximate surface area is 112 Å². The fourth-order valence-corrected chi connectivity index (χ4v) is 2.81. The minimum absolute atomic E-state index is 0.0445. The second-order valence-electron chi connectivity index (χ2n) is 5.16. The molecule has 0 saturated heterocycles. The normalized spacial score (nSPS) is 17.6. The van der Waals surface area contributed by atoms with Gasteiger partial charge in [-0.3, -0.25) is 9.48 Å². The fourth-order valence-electron chi connectivity index (χ4n) is 2.81. The molecule has 1 atom stereocenters. The summed E-state index contributed by atoms with van der Waals surface area (Å²) in [6, 6.07) is 8.31. The van der Waals surface area contributed by atoms with Gasteiger partial charge < -0.3 is 4.90 Å². The van der Waals surface area contributed by atoms with E-state index in [1.165, 1.54) is 5.56 Å². The molecule has 98 valence electrons. The maximum Gasteiger partial charge on any atom is 0.262 e. The van der Waals surface area contributed by atoms with Crippen LogP contribution in [0.2, 0.25) is 0 Å². The number of benzene rings is 1. The molecule has 0 fully saturated rings. The molecule has 0 aliphatic carbocycles. The zero-order valence-electron chi connectivity index (χ0n) is 11.4. The molecule has 2 heterocycles. The quantitative estimate of drug-likeness (QED) is 0.784. The van der Waals surface area contributed by atoms with Crippen LogP contribution < -0.4 is 4.90 Å². The molecule has 1 aromatic heterocycles. The van der Waals surface area contributed by atoms with Crippen LogP contribution in [0.1, 0.15) is 28.5 Å². The van der Waals surface area contributed by atoms with Crippen LogP contribution in [0.5, 0.6) is 0 Å². The number of fused-ring (bicyclic) bond motifs is 1. The van der Waals surface area contributed by atoms with Crippen molar-refractivity contribution in [3.63, 3.8) is 0 Å². The van der Waals surface area contributed by atoms with Crippen LogP contribution in [0.4, 0.5) is 5.69 Å². The van der Waals surface area contributed by atoms with E-state index in [1.807, 2.05) is 37.1 Å². The van der Waals surface area contributed by atoms with Gasteiger partial charge in [0.2, 0.25) is 0 Å². The number of aryl methyl sites for hydroxylation is 2. The summed E-state index contributed by atoms with van der Waals surface area (Å²) >= 11 is 0. The van der Waals surface area contributed by atoms with E-state index in [-0.39, 0.29) is 11.9 Å². The maximum absolute atomic E-state index is 12.7. The molecule has 1 amide bonds. The van der Waals surface area contributed by atoms with Gasteiger partial charge in [0.25, 0.3) is 5.91 Å². The predicted molar refractivity (Wildman–Crippen MR) is 74.4 cm³/mol. The topological polar surface area (TPSA) is 38.1 Å². The zero-order chi connectivity index (χ0) is 13.6. The molecular formula is C15H17N3O. The number of carbonyl (C=O) groups excluding carboxylic acids is 1. The number of amides is 1. The summed E-state index contributed by atoms with van der Waals surface area (Å²) in [5.41, 5.74) is 3.74. The second kappa shape index (κ2) is 4.23. The van der Waals surface area contributed by atoms with Crippen LogP contribution in [0.3, 0.4) is 0 Å². The molecule has 2 aromatic rings. The smallest absolute Gasteiger partial charge is 0.262 e. The molecule has 0 radical (unpaired) electrons. The van der Waals surface area contributed by atoms with Crippen molar-refractivity contribution in [1.29, 1.82) is 0 Å². The molecule has 19 heavy (non-hydrogen) atoms. The van der Waals surface area contributed by atoms with E-state index in [0.717, 1.165) is 17.8 Å². The van der Waals surface area contributed by atoms with Gasteiger partial charge in [-0.25, -0.2) is 0 Å². The number of hydrogen-bond acceptors (Lipinski definition) is 2. The summed E-state index contributed by atoms with van der Waals surface area (Å²) in [6.07, 6.45) is 2.71. The third-order valence-electron chi connectivity index (χ3n) is 3.67. The lowest BCUT2D eigenvalue weighted by Gasteiger charge is -2.22. The standard InChI is InChI=1S/C15H17N3O/c1-10-8-12-6-4-5-7-14(12)18(10)15(19)13-9-17(3)16-11(13)2/h4-7,9-10H,8H2,1-3H3. The van der Waals surface area contributed by atoms with E-state index in [1.54, 1.807) is 10.9 Å². The molecule has 0 spiro atoms. The van der Waals surface area contributed by atoms with Crippen molar-refractivity contribution >= 4 is 11.6 Å². The van der Waals surface area contributed by atoms with Crippen molar-refractivity contribution in [2.45, 2.75) is 26.3 Å². The Balaban J connectivity index is 2.03. The first kappa shape index (κ1) is 12.0. The monoisotopic (exact) mass is 255 g/mol. The molecule has 1 aromatic carbocycles. The van der Waals surface area contributed by atoms with Crippen molar-refractivity contribution in [1.82, 2.24) is 9.78 Å². The number of carbonyl (C=O) groups is 1. The number of para-hydroxylation sites is 1. The van der Waals surface area contributed by atoms with Crippen LogP contribution in [-0.4, -0.2) is 21.7 Å². The van der Waals surface area contributed by atoms with Gasteiger partial charge in [0, 0.05) is 25.0 Å². The largest absolute Gasteiger partial charge is 0.305 e. The van der Waals surface area contributed by atoms with Crippen LogP contribution >= 0.6 is 0 Å². The first-order chi connectivity index (χ1) is 9.08. The first-order valence-corrected chi connectivity index (χ1v) is 6.49. The number of nitrogens with zero attached hydrogens (tertiary/aromatic N) is 3. The fraction of sp³-hybridized carbons (Fsp3) is 0.333. The highest BCUT2D eigenvalue weighted by molar-refractivity contribution is 6.08. The predicted octanol–water partition coefficient (Wildman–Crippen LogP) is 2.32. The van der Waals surface area contributed by atoms with Crippen molar-refractivity contribution in [2.75, 3.05) is 4.90 Å². The highest BCUT2D eigenvalue weighted by Crippen LogP contribution is 2.33. The van der Waals surface area contributed by atoms with E-state index >= 15 is 0 Å². The number of hydrogen-bond donors (Lipinski definition) is 0. The van der Waals surface area contributed by atoms with Crippen molar-refractivity contribution in [3.05, 3.63) is 47.3 Å². The molecule has 3 rings (SSSR count). The molecule has 4 heteroatoms. The number of aromatic nitrogens is 2. The highest BCUT2D eigenvalue weighted by Gasteiger charge is 2.32. The lowest BCUT2D eigenvalue weighted by molar-refractivity contribution is 0.0981. The van der Waals surface area contributed by atoms with Gasteiger partial charge in [-0.2, -0.15) is 5.10 Å². The maximum atomic E-state index is 12.7. The molecule has 1 unspecified atom stereocenters. The van der Waals surface area contributed by atoms with Gasteiger partial charge in [0.15, 0.2) is 0 Å². The Hall–Kier alpha value is -2.10. The summed E-state index contributed by atoms with van der Waals surface area (Å²) in [7, 11) is 1.84. The van der Waals surface area contributed by atoms with Gasteiger partial charge >= 0.3 is 0 Å². The Bertz CT molecular complexity index is 645. The van der Waals surface area contributed by atoms with Gasteiger partial charge in [0.05, 0.1) is 11.3 Å². The van der Waals surface area contributed by atoms with Crippen LogP contribution in [-0.2, 0) is 13.5 Å². The first-order valence-electron chi connectivity index (χ1n) is 6.49. The Morgan fingerprint density at radius 1 is 1.37 bits per heavy atom. The average molecular weight is 255 g/mol. The minimum Gasteiger partial charge on any atom is -0.305 e. The van der Waals surface area contributed by atoms with E-state index in [0.29, 0.717) is 5.56 Å².